The standard InChI is InChI=1S/C37H40N4O4/c1-26(2)45-34-9-4-3-8-33(34)40-18-16-39(17-19-40)24-28-6-5-7-30(20-28)37(42)41-15-14-29-22-31(11-12-32(29)41)38-23-27-10-13-35-36(21-27)44-25-43-35/h3-13,20-22,26,38H,14-19,23-25H2,1-2H3/p+1. The summed E-state index contributed by atoms with van der Waals surface area (Å²) in [5.41, 5.74) is 7.46. The van der Waals surface area contributed by atoms with Crippen LogP contribution in [0.4, 0.5) is 17.1 Å². The van der Waals surface area contributed by atoms with Gasteiger partial charge in [-0.3, -0.25) is 9.69 Å². The number of hydrogen-bond acceptors (Lipinski definition) is 6. The Kier molecular flexibility index (Phi) is 8.22. The summed E-state index contributed by atoms with van der Waals surface area (Å²) in [6, 6.07) is 28.9. The van der Waals surface area contributed by atoms with E-state index in [-0.39, 0.29) is 12.0 Å². The fourth-order valence-corrected chi connectivity index (χ4v) is 6.45. The first kappa shape index (κ1) is 29.0. The molecule has 3 heterocycles. The Morgan fingerprint density at radius 3 is 2.62 bits per heavy atom. The lowest BCUT2D eigenvalue weighted by molar-refractivity contribution is 0.00264. The molecule has 1 saturated heterocycles. The van der Waals surface area contributed by atoms with Gasteiger partial charge in [0, 0.05) is 68.8 Å². The molecule has 8 nitrogen and oxygen atoms in total. The molecule has 4 aromatic carbocycles. The number of fused-ring (bicyclic) bond motifs is 2. The molecule has 0 unspecified atom stereocenters. The monoisotopic (exact) mass is 605 g/mol. The van der Waals surface area contributed by atoms with Crippen LogP contribution in [0.1, 0.15) is 40.9 Å². The first-order chi connectivity index (χ1) is 22.0. The number of piperazine rings is 1. The minimum Gasteiger partial charge on any atom is -0.551 e. The van der Waals surface area contributed by atoms with E-state index in [1.165, 1.54) is 11.1 Å². The number of carbonyl (C=O) groups excluding carboxylic acids is 1. The highest BCUT2D eigenvalue weighted by Gasteiger charge is 2.27. The molecule has 8 heteroatoms. The van der Waals surface area contributed by atoms with Gasteiger partial charge in [-0.25, -0.2) is 0 Å². The van der Waals surface area contributed by atoms with Crippen molar-refractivity contribution in [2.24, 2.45) is 0 Å². The summed E-state index contributed by atoms with van der Waals surface area (Å²) in [7, 11) is 0. The number of carbonyl (C=O) groups is 1. The van der Waals surface area contributed by atoms with Gasteiger partial charge in [-0.15, -0.1) is 0 Å². The highest BCUT2D eigenvalue weighted by Crippen LogP contribution is 2.35. The quantitative estimate of drug-likeness (QED) is 0.229. The Balaban J connectivity index is 0.955. The van der Waals surface area contributed by atoms with Gasteiger partial charge in [-0.1, -0.05) is 24.3 Å². The molecular formula is C37H41N4O4+. The summed E-state index contributed by atoms with van der Waals surface area (Å²) in [6.45, 7) is 10.5. The topological polar surface area (TPSA) is 70.1 Å². The van der Waals surface area contributed by atoms with Gasteiger partial charge in [-0.05, 0) is 91.6 Å². The highest BCUT2D eigenvalue weighted by molar-refractivity contribution is 6.07. The summed E-state index contributed by atoms with van der Waals surface area (Å²) < 4.78 is 15.9. The molecule has 0 radical (unpaired) electrons. The molecule has 3 aliphatic rings. The molecule has 0 spiro atoms. The molecule has 1 fully saturated rings. The number of aromatic hydroxyl groups is 1. The molecule has 3 aliphatic heterocycles. The van der Waals surface area contributed by atoms with E-state index in [9.17, 15) is 4.79 Å². The Bertz CT molecular complexity index is 1680. The van der Waals surface area contributed by atoms with Crippen molar-refractivity contribution in [1.29, 1.82) is 0 Å². The molecule has 0 atom stereocenters. The van der Waals surface area contributed by atoms with Crippen LogP contribution in [-0.2, 0) is 19.5 Å². The summed E-state index contributed by atoms with van der Waals surface area (Å²) >= 11 is 0. The van der Waals surface area contributed by atoms with Gasteiger partial charge < -0.3 is 29.3 Å². The smallest absolute Gasteiger partial charge is 0.327 e. The van der Waals surface area contributed by atoms with Gasteiger partial charge >= 0.3 is 6.79 Å². The van der Waals surface area contributed by atoms with Crippen molar-refractivity contribution in [3.63, 3.8) is 0 Å². The number of para-hydroxylation sites is 2. The van der Waals surface area contributed by atoms with Gasteiger partial charge in [0.1, 0.15) is 5.75 Å². The summed E-state index contributed by atoms with van der Waals surface area (Å²) in [5, 5.41) is 3.52. The predicted molar refractivity (Wildman–Crippen MR) is 179 cm³/mol. The third-order valence-electron chi connectivity index (χ3n) is 8.72. The number of rotatable bonds is 9. The van der Waals surface area contributed by atoms with Crippen LogP contribution >= 0.6 is 0 Å². The Hall–Kier alpha value is -4.69. The second-order valence-electron chi connectivity index (χ2n) is 12.2. The van der Waals surface area contributed by atoms with Gasteiger partial charge in [0.25, 0.3) is 11.7 Å². The molecular weight excluding hydrogens is 564 g/mol. The van der Waals surface area contributed by atoms with Crippen molar-refractivity contribution < 1.29 is 19.0 Å². The number of benzene rings is 4. The third kappa shape index (κ3) is 6.42. The maximum atomic E-state index is 13.7. The third-order valence-corrected chi connectivity index (χ3v) is 8.72. The largest absolute Gasteiger partial charge is 0.551 e. The fraction of sp³-hybridized carbons (Fsp3) is 0.324. The Morgan fingerprint density at radius 2 is 1.76 bits per heavy atom. The van der Waals surface area contributed by atoms with E-state index in [2.05, 4.69) is 88.3 Å². The SMILES string of the molecule is CC(C)Oc1ccccc1N1CCN(Cc2cccc(C(=O)N3CCc4cc(NCc5ccc6c(c5)OC[OH+]6)ccc43)c2)CC1. The summed E-state index contributed by atoms with van der Waals surface area (Å²) in [5.74, 6) is 2.77. The maximum Gasteiger partial charge on any atom is 0.327 e. The molecule has 2 N–H and O–H groups in total. The van der Waals surface area contributed by atoms with Crippen LogP contribution in [0.3, 0.4) is 0 Å². The fourth-order valence-electron chi connectivity index (χ4n) is 6.45. The number of nitrogens with one attached hydrogen (secondary N) is 1. The van der Waals surface area contributed by atoms with E-state index in [1.54, 1.807) is 0 Å². The van der Waals surface area contributed by atoms with E-state index in [0.717, 1.165) is 84.6 Å². The lowest BCUT2D eigenvalue weighted by Crippen LogP contribution is -2.46. The van der Waals surface area contributed by atoms with Crippen LogP contribution in [0.2, 0.25) is 0 Å². The van der Waals surface area contributed by atoms with Crippen LogP contribution in [0.25, 0.3) is 0 Å². The van der Waals surface area contributed by atoms with Crippen LogP contribution in [0.5, 0.6) is 17.2 Å². The molecule has 0 aromatic heterocycles. The van der Waals surface area contributed by atoms with E-state index in [4.69, 9.17) is 9.47 Å². The lowest BCUT2D eigenvalue weighted by Gasteiger charge is -2.37. The van der Waals surface area contributed by atoms with E-state index in [1.807, 2.05) is 35.2 Å². The van der Waals surface area contributed by atoms with E-state index >= 15 is 0 Å². The van der Waals surface area contributed by atoms with Crippen LogP contribution < -0.4 is 24.6 Å². The van der Waals surface area contributed by atoms with Crippen molar-refractivity contribution >= 4 is 23.0 Å². The number of anilines is 3. The van der Waals surface area contributed by atoms with Crippen molar-refractivity contribution in [3.8, 4) is 17.2 Å². The van der Waals surface area contributed by atoms with Crippen molar-refractivity contribution in [3.05, 3.63) is 107 Å². The molecule has 7 rings (SSSR count). The van der Waals surface area contributed by atoms with Gasteiger partial charge in [0.2, 0.25) is 5.75 Å². The van der Waals surface area contributed by atoms with Gasteiger partial charge in [0.15, 0.2) is 0 Å². The first-order valence-electron chi connectivity index (χ1n) is 15.9. The normalized spacial score (nSPS) is 15.8. The second kappa shape index (κ2) is 12.7. The average Bonchev–Trinajstić information content (AvgIpc) is 3.71. The molecule has 45 heavy (non-hydrogen) atoms. The number of amides is 1. The number of nitrogens with zero attached hydrogens (tertiary/aromatic N) is 3. The molecule has 1 amide bonds. The minimum atomic E-state index is 0.0615. The van der Waals surface area contributed by atoms with Crippen LogP contribution in [0.15, 0.2) is 84.9 Å². The van der Waals surface area contributed by atoms with Gasteiger partial charge in [-0.2, -0.15) is 0 Å². The lowest BCUT2D eigenvalue weighted by atomic mass is 10.1. The zero-order valence-electron chi connectivity index (χ0n) is 26.0. The van der Waals surface area contributed by atoms with Crippen LogP contribution in [-0.4, -0.2) is 61.2 Å². The maximum absolute atomic E-state index is 13.7. The second-order valence-corrected chi connectivity index (χ2v) is 12.2. The average molecular weight is 606 g/mol. The molecule has 232 valence electrons. The predicted octanol–water partition coefficient (Wildman–Crippen LogP) is 6.20. The molecule has 0 saturated carbocycles. The van der Waals surface area contributed by atoms with Crippen LogP contribution in [0, 0.1) is 0 Å². The molecule has 0 bridgehead atoms. The number of aliphatic hydroxyl groups is 1. The van der Waals surface area contributed by atoms with Gasteiger partial charge in [0.05, 0.1) is 11.8 Å². The number of ether oxygens (including phenoxy) is 3. The van der Waals surface area contributed by atoms with Crippen molar-refractivity contribution in [2.75, 3.05) is 54.6 Å². The van der Waals surface area contributed by atoms with Crippen molar-refractivity contribution in [2.45, 2.75) is 39.5 Å². The van der Waals surface area contributed by atoms with E-state index in [0.29, 0.717) is 19.9 Å². The molecule has 0 aliphatic carbocycles. The summed E-state index contributed by atoms with van der Waals surface area (Å²) in [4.78, 5) is 20.5. The zero-order chi connectivity index (χ0) is 30.8. The number of hydrogen-bond donors (Lipinski definition) is 1. The van der Waals surface area contributed by atoms with Crippen molar-refractivity contribution in [1.82, 2.24) is 4.90 Å². The van der Waals surface area contributed by atoms with E-state index < -0.39 is 0 Å². The summed E-state index contributed by atoms with van der Waals surface area (Å²) in [6.07, 6.45) is 0.991. The Morgan fingerprint density at radius 1 is 0.889 bits per heavy atom. The Labute approximate surface area is 265 Å². The molecule has 4 aromatic rings. The highest BCUT2D eigenvalue weighted by atomic mass is 16.7. The minimum absolute atomic E-state index is 0.0615. The first-order valence-corrected chi connectivity index (χ1v) is 15.9. The zero-order valence-corrected chi connectivity index (χ0v) is 26.0.